The first-order chi connectivity index (χ1) is 8.67. The van der Waals surface area contributed by atoms with Gasteiger partial charge in [-0.1, -0.05) is 20.3 Å². The molecular weight excluding hydrogens is 230 g/mol. The van der Waals surface area contributed by atoms with Crippen LogP contribution in [0.5, 0.6) is 0 Å². The summed E-state index contributed by atoms with van der Waals surface area (Å²) in [6.45, 7) is 4.85. The fourth-order valence-electron chi connectivity index (χ4n) is 1.93. The first-order valence-corrected chi connectivity index (χ1v) is 6.26. The molecule has 0 saturated heterocycles. The summed E-state index contributed by atoms with van der Waals surface area (Å²) in [4.78, 5) is 15.7. The van der Waals surface area contributed by atoms with Crippen LogP contribution in [0.3, 0.4) is 0 Å². The number of unbranched alkanes of at least 4 members (excludes halogenated alkanes) is 1. The first-order valence-electron chi connectivity index (χ1n) is 6.26. The molecule has 2 heterocycles. The van der Waals surface area contributed by atoms with Gasteiger partial charge in [-0.3, -0.25) is 0 Å². The van der Waals surface area contributed by atoms with Gasteiger partial charge < -0.3 is 5.11 Å². The van der Waals surface area contributed by atoms with E-state index in [1.807, 2.05) is 6.92 Å². The number of hydrogen-bond acceptors (Lipinski definition) is 3. The molecule has 0 aromatic carbocycles. The van der Waals surface area contributed by atoms with Crippen molar-refractivity contribution in [1.29, 1.82) is 0 Å². The Hall–Kier alpha value is -1.91. The normalized spacial score (nSPS) is 11.0. The van der Waals surface area contributed by atoms with Crippen molar-refractivity contribution in [3.05, 3.63) is 23.5 Å². The van der Waals surface area contributed by atoms with E-state index in [1.165, 1.54) is 0 Å². The highest BCUT2D eigenvalue weighted by molar-refractivity contribution is 6.01. The van der Waals surface area contributed by atoms with Crippen LogP contribution < -0.4 is 0 Å². The van der Waals surface area contributed by atoms with E-state index in [1.54, 1.807) is 16.9 Å². The summed E-state index contributed by atoms with van der Waals surface area (Å²) in [5.41, 5.74) is 1.76. The maximum absolute atomic E-state index is 11.2. The van der Waals surface area contributed by atoms with Gasteiger partial charge >= 0.3 is 5.97 Å². The van der Waals surface area contributed by atoms with E-state index >= 15 is 0 Å². The molecule has 0 aliphatic rings. The molecule has 2 aromatic rings. The number of nitrogens with zero attached hydrogens (tertiary/aromatic N) is 3. The Kier molecular flexibility index (Phi) is 3.60. The van der Waals surface area contributed by atoms with Crippen molar-refractivity contribution in [3.8, 4) is 0 Å². The lowest BCUT2D eigenvalue weighted by molar-refractivity contribution is 0.0699. The fraction of sp³-hybridized carbons (Fsp3) is 0.462. The number of rotatable bonds is 5. The van der Waals surface area contributed by atoms with Crippen LogP contribution in [0.4, 0.5) is 0 Å². The van der Waals surface area contributed by atoms with E-state index in [0.29, 0.717) is 16.6 Å². The first kappa shape index (κ1) is 12.5. The smallest absolute Gasteiger partial charge is 0.336 e. The lowest BCUT2D eigenvalue weighted by Crippen LogP contribution is -2.05. The Labute approximate surface area is 105 Å². The Morgan fingerprint density at radius 3 is 2.83 bits per heavy atom. The van der Waals surface area contributed by atoms with Gasteiger partial charge in [0.2, 0.25) is 0 Å². The molecule has 0 atom stereocenters. The van der Waals surface area contributed by atoms with Crippen LogP contribution in [0.2, 0.25) is 0 Å². The summed E-state index contributed by atoms with van der Waals surface area (Å²) in [6, 6.07) is 1.64. The van der Waals surface area contributed by atoms with Gasteiger partial charge in [0.15, 0.2) is 5.65 Å². The van der Waals surface area contributed by atoms with Gasteiger partial charge in [-0.25, -0.2) is 14.5 Å². The molecule has 96 valence electrons. The zero-order valence-electron chi connectivity index (χ0n) is 10.7. The minimum atomic E-state index is -0.924. The van der Waals surface area contributed by atoms with Crippen LogP contribution in [-0.2, 0) is 13.0 Å². The molecule has 0 aliphatic heterocycles. The standard InChI is InChI=1S/C13H17N3O2/c1-3-5-6-16-12-11(8-14-16)10(13(17)18)7-9(4-2)15-12/h7-8H,3-6H2,1-2H3,(H,17,18). The quantitative estimate of drug-likeness (QED) is 0.881. The van der Waals surface area contributed by atoms with Crippen LogP contribution >= 0.6 is 0 Å². The van der Waals surface area contributed by atoms with Gasteiger partial charge in [0.1, 0.15) is 0 Å². The number of carboxylic acids is 1. The zero-order chi connectivity index (χ0) is 13.1. The van der Waals surface area contributed by atoms with E-state index in [0.717, 1.165) is 31.5 Å². The third-order valence-electron chi connectivity index (χ3n) is 2.98. The Morgan fingerprint density at radius 1 is 1.44 bits per heavy atom. The number of pyridine rings is 1. The Bertz CT molecular complexity index is 575. The number of hydrogen-bond donors (Lipinski definition) is 1. The second kappa shape index (κ2) is 5.16. The highest BCUT2D eigenvalue weighted by Gasteiger charge is 2.15. The molecule has 2 aromatic heterocycles. The summed E-state index contributed by atoms with van der Waals surface area (Å²) >= 11 is 0. The molecule has 0 bridgehead atoms. The summed E-state index contributed by atoms with van der Waals surface area (Å²) in [6.07, 6.45) is 4.40. The molecule has 2 rings (SSSR count). The molecule has 1 N–H and O–H groups in total. The van der Waals surface area contributed by atoms with Crippen molar-refractivity contribution in [2.45, 2.75) is 39.7 Å². The number of carboxylic acid groups (broad SMARTS) is 1. The molecule has 0 amide bonds. The minimum Gasteiger partial charge on any atom is -0.478 e. The second-order valence-corrected chi connectivity index (χ2v) is 4.28. The van der Waals surface area contributed by atoms with Crippen LogP contribution in [-0.4, -0.2) is 25.8 Å². The predicted octanol–water partition coefficient (Wildman–Crippen LogP) is 2.49. The largest absolute Gasteiger partial charge is 0.478 e. The molecule has 0 spiro atoms. The molecule has 0 unspecified atom stereocenters. The molecule has 0 fully saturated rings. The molecule has 0 saturated carbocycles. The minimum absolute atomic E-state index is 0.291. The van der Waals surface area contributed by atoms with Crippen LogP contribution in [0.1, 0.15) is 42.7 Å². The van der Waals surface area contributed by atoms with E-state index < -0.39 is 5.97 Å². The number of fused-ring (bicyclic) bond motifs is 1. The van der Waals surface area contributed by atoms with E-state index in [4.69, 9.17) is 0 Å². The topological polar surface area (TPSA) is 68.0 Å². The Morgan fingerprint density at radius 2 is 2.22 bits per heavy atom. The van der Waals surface area contributed by atoms with Gasteiger partial charge in [-0.05, 0) is 18.9 Å². The molecule has 0 aliphatic carbocycles. The van der Waals surface area contributed by atoms with Gasteiger partial charge in [0, 0.05) is 12.2 Å². The van der Waals surface area contributed by atoms with Crippen molar-refractivity contribution in [2.24, 2.45) is 0 Å². The van der Waals surface area contributed by atoms with Gasteiger partial charge in [-0.2, -0.15) is 5.10 Å². The zero-order valence-corrected chi connectivity index (χ0v) is 10.7. The Balaban J connectivity index is 2.57. The van der Waals surface area contributed by atoms with Crippen molar-refractivity contribution < 1.29 is 9.90 Å². The summed E-state index contributed by atoms with van der Waals surface area (Å²) in [5, 5.41) is 14.1. The number of aryl methyl sites for hydroxylation is 2. The van der Waals surface area contributed by atoms with Crippen molar-refractivity contribution in [3.63, 3.8) is 0 Å². The summed E-state index contributed by atoms with van der Waals surface area (Å²) < 4.78 is 1.80. The van der Waals surface area contributed by atoms with Gasteiger partial charge in [-0.15, -0.1) is 0 Å². The monoisotopic (exact) mass is 247 g/mol. The third kappa shape index (κ3) is 2.20. The molecule has 5 nitrogen and oxygen atoms in total. The number of aromatic carboxylic acids is 1. The van der Waals surface area contributed by atoms with Crippen LogP contribution in [0.15, 0.2) is 12.3 Å². The fourth-order valence-corrected chi connectivity index (χ4v) is 1.93. The van der Waals surface area contributed by atoms with Crippen molar-refractivity contribution in [1.82, 2.24) is 14.8 Å². The average Bonchev–Trinajstić information content (AvgIpc) is 2.77. The summed E-state index contributed by atoms with van der Waals surface area (Å²) in [5.74, 6) is -0.924. The van der Waals surface area contributed by atoms with Crippen molar-refractivity contribution in [2.75, 3.05) is 0 Å². The maximum atomic E-state index is 11.2. The highest BCUT2D eigenvalue weighted by atomic mass is 16.4. The summed E-state index contributed by atoms with van der Waals surface area (Å²) in [7, 11) is 0. The number of aromatic nitrogens is 3. The lowest BCUT2D eigenvalue weighted by atomic mass is 10.1. The molecule has 0 radical (unpaired) electrons. The third-order valence-corrected chi connectivity index (χ3v) is 2.98. The average molecular weight is 247 g/mol. The van der Waals surface area contributed by atoms with Crippen LogP contribution in [0.25, 0.3) is 11.0 Å². The SMILES string of the molecule is CCCCn1ncc2c(C(=O)O)cc(CC)nc21. The van der Waals surface area contributed by atoms with E-state index in [-0.39, 0.29) is 0 Å². The lowest BCUT2D eigenvalue weighted by Gasteiger charge is -2.04. The maximum Gasteiger partial charge on any atom is 0.336 e. The van der Waals surface area contributed by atoms with Crippen molar-refractivity contribution >= 4 is 17.0 Å². The molecule has 5 heteroatoms. The molecule has 18 heavy (non-hydrogen) atoms. The predicted molar refractivity (Wildman–Crippen MR) is 68.8 cm³/mol. The van der Waals surface area contributed by atoms with Gasteiger partial charge in [0.25, 0.3) is 0 Å². The molecular formula is C13H17N3O2. The second-order valence-electron chi connectivity index (χ2n) is 4.28. The van der Waals surface area contributed by atoms with E-state index in [9.17, 15) is 9.90 Å². The number of carbonyl (C=O) groups is 1. The van der Waals surface area contributed by atoms with Crippen LogP contribution in [0, 0.1) is 0 Å². The van der Waals surface area contributed by atoms with Gasteiger partial charge in [0.05, 0.1) is 17.1 Å². The van der Waals surface area contributed by atoms with E-state index in [2.05, 4.69) is 17.0 Å². The highest BCUT2D eigenvalue weighted by Crippen LogP contribution is 2.19.